The van der Waals surface area contributed by atoms with Crippen LogP contribution >= 0.6 is 0 Å². The molecule has 1 aromatic rings. The average Bonchev–Trinajstić information content (AvgIpc) is 2.36. The standard InChI is InChI=1S/C13H22N4O/c1-5-14-12-9-15-11(8-16-12)13(18)17(4)7-6-10(2)3/h8-10H,5-7H2,1-4H3,(H,14,16). The maximum absolute atomic E-state index is 12.0. The minimum absolute atomic E-state index is 0.0776. The second-order valence-electron chi connectivity index (χ2n) is 4.73. The van der Waals surface area contributed by atoms with Gasteiger partial charge in [-0.25, -0.2) is 9.97 Å². The smallest absolute Gasteiger partial charge is 0.273 e. The summed E-state index contributed by atoms with van der Waals surface area (Å²) in [6.45, 7) is 7.80. The van der Waals surface area contributed by atoms with E-state index in [-0.39, 0.29) is 5.91 Å². The Hall–Kier alpha value is -1.65. The largest absolute Gasteiger partial charge is 0.369 e. The molecule has 1 rings (SSSR count). The van der Waals surface area contributed by atoms with Crippen molar-refractivity contribution in [2.24, 2.45) is 5.92 Å². The van der Waals surface area contributed by atoms with Crippen LogP contribution < -0.4 is 5.32 Å². The molecule has 5 heteroatoms. The van der Waals surface area contributed by atoms with Crippen LogP contribution in [0.1, 0.15) is 37.7 Å². The fourth-order valence-corrected chi connectivity index (χ4v) is 1.46. The Morgan fingerprint density at radius 2 is 2.11 bits per heavy atom. The number of aromatic nitrogens is 2. The van der Waals surface area contributed by atoms with E-state index in [0.29, 0.717) is 17.4 Å². The Bertz CT molecular complexity index is 375. The van der Waals surface area contributed by atoms with Crippen LogP contribution in [0, 0.1) is 5.92 Å². The molecule has 0 atom stereocenters. The van der Waals surface area contributed by atoms with E-state index in [9.17, 15) is 4.79 Å². The van der Waals surface area contributed by atoms with Crippen molar-refractivity contribution in [3.8, 4) is 0 Å². The van der Waals surface area contributed by atoms with Gasteiger partial charge in [-0.15, -0.1) is 0 Å². The zero-order valence-corrected chi connectivity index (χ0v) is 11.6. The molecular weight excluding hydrogens is 228 g/mol. The van der Waals surface area contributed by atoms with E-state index < -0.39 is 0 Å². The summed E-state index contributed by atoms with van der Waals surface area (Å²) in [5.41, 5.74) is 0.392. The monoisotopic (exact) mass is 250 g/mol. The molecule has 0 aliphatic heterocycles. The molecule has 5 nitrogen and oxygen atoms in total. The van der Waals surface area contributed by atoms with Crippen molar-refractivity contribution in [1.82, 2.24) is 14.9 Å². The lowest BCUT2D eigenvalue weighted by atomic mass is 10.1. The minimum atomic E-state index is -0.0776. The van der Waals surface area contributed by atoms with Crippen molar-refractivity contribution in [2.45, 2.75) is 27.2 Å². The normalized spacial score (nSPS) is 10.5. The number of rotatable bonds is 6. The highest BCUT2D eigenvalue weighted by molar-refractivity contribution is 5.91. The van der Waals surface area contributed by atoms with Crippen LogP contribution in [0.2, 0.25) is 0 Å². The van der Waals surface area contributed by atoms with Crippen molar-refractivity contribution >= 4 is 11.7 Å². The van der Waals surface area contributed by atoms with Crippen LogP contribution in [0.5, 0.6) is 0 Å². The Balaban J connectivity index is 2.60. The summed E-state index contributed by atoms with van der Waals surface area (Å²) in [6.07, 6.45) is 4.10. The highest BCUT2D eigenvalue weighted by atomic mass is 16.2. The van der Waals surface area contributed by atoms with Gasteiger partial charge in [0.15, 0.2) is 0 Å². The van der Waals surface area contributed by atoms with Crippen LogP contribution in [0.3, 0.4) is 0 Å². The predicted molar refractivity (Wildman–Crippen MR) is 72.6 cm³/mol. The van der Waals surface area contributed by atoms with E-state index in [1.165, 1.54) is 6.20 Å². The molecule has 0 aliphatic carbocycles. The first-order valence-electron chi connectivity index (χ1n) is 6.36. The van der Waals surface area contributed by atoms with Crippen LogP contribution in [0.4, 0.5) is 5.82 Å². The Kier molecular flexibility index (Phi) is 5.55. The molecule has 0 saturated heterocycles. The Morgan fingerprint density at radius 3 is 2.61 bits per heavy atom. The van der Waals surface area contributed by atoms with Crippen molar-refractivity contribution in [3.63, 3.8) is 0 Å². The second-order valence-corrected chi connectivity index (χ2v) is 4.73. The van der Waals surface area contributed by atoms with Gasteiger partial charge in [0, 0.05) is 20.1 Å². The summed E-state index contributed by atoms with van der Waals surface area (Å²) in [7, 11) is 1.80. The highest BCUT2D eigenvalue weighted by Crippen LogP contribution is 2.06. The van der Waals surface area contributed by atoms with E-state index in [2.05, 4.69) is 29.1 Å². The molecule has 0 spiro atoms. The van der Waals surface area contributed by atoms with E-state index in [1.807, 2.05) is 6.92 Å². The average molecular weight is 250 g/mol. The summed E-state index contributed by atoms with van der Waals surface area (Å²) >= 11 is 0. The molecular formula is C13H22N4O. The summed E-state index contributed by atoms with van der Waals surface area (Å²) in [4.78, 5) is 22.0. The van der Waals surface area contributed by atoms with Gasteiger partial charge < -0.3 is 10.2 Å². The highest BCUT2D eigenvalue weighted by Gasteiger charge is 2.13. The van der Waals surface area contributed by atoms with Crippen molar-refractivity contribution < 1.29 is 4.79 Å². The molecule has 0 bridgehead atoms. The molecule has 0 aliphatic rings. The van der Waals surface area contributed by atoms with Gasteiger partial charge in [0.2, 0.25) is 0 Å². The van der Waals surface area contributed by atoms with Crippen LogP contribution in [0.15, 0.2) is 12.4 Å². The predicted octanol–water partition coefficient (Wildman–Crippen LogP) is 2.03. The van der Waals surface area contributed by atoms with Gasteiger partial charge in [0.25, 0.3) is 5.91 Å². The summed E-state index contributed by atoms with van der Waals surface area (Å²) in [5, 5.41) is 3.04. The quantitative estimate of drug-likeness (QED) is 0.839. The fraction of sp³-hybridized carbons (Fsp3) is 0.615. The van der Waals surface area contributed by atoms with Gasteiger partial charge >= 0.3 is 0 Å². The molecule has 0 fully saturated rings. The number of carbonyl (C=O) groups excluding carboxylic acids is 1. The molecule has 18 heavy (non-hydrogen) atoms. The van der Waals surface area contributed by atoms with E-state index >= 15 is 0 Å². The number of carbonyl (C=O) groups is 1. The van der Waals surface area contributed by atoms with Crippen molar-refractivity contribution in [2.75, 3.05) is 25.5 Å². The van der Waals surface area contributed by atoms with Gasteiger partial charge in [0.05, 0.1) is 12.4 Å². The number of hydrogen-bond acceptors (Lipinski definition) is 4. The number of anilines is 1. The maximum atomic E-state index is 12.0. The molecule has 1 aromatic heterocycles. The Morgan fingerprint density at radius 1 is 1.39 bits per heavy atom. The molecule has 0 saturated carbocycles. The summed E-state index contributed by atoms with van der Waals surface area (Å²) < 4.78 is 0. The topological polar surface area (TPSA) is 58.1 Å². The van der Waals surface area contributed by atoms with Gasteiger partial charge in [-0.1, -0.05) is 13.8 Å². The van der Waals surface area contributed by atoms with Gasteiger partial charge in [-0.2, -0.15) is 0 Å². The van der Waals surface area contributed by atoms with Crippen LogP contribution in [-0.2, 0) is 0 Å². The molecule has 1 N–H and O–H groups in total. The third-order valence-corrected chi connectivity index (χ3v) is 2.62. The summed E-state index contributed by atoms with van der Waals surface area (Å²) in [6, 6.07) is 0. The molecule has 0 aromatic carbocycles. The number of amides is 1. The van der Waals surface area contributed by atoms with Gasteiger partial charge in [0.1, 0.15) is 11.5 Å². The Labute approximate surface area is 109 Å². The summed E-state index contributed by atoms with van der Waals surface area (Å²) in [5.74, 6) is 1.20. The van der Waals surface area contributed by atoms with Crippen molar-refractivity contribution in [1.29, 1.82) is 0 Å². The third kappa shape index (κ3) is 4.31. The zero-order chi connectivity index (χ0) is 13.5. The van der Waals surface area contributed by atoms with E-state index in [1.54, 1.807) is 18.1 Å². The lowest BCUT2D eigenvalue weighted by Crippen LogP contribution is -2.29. The molecule has 100 valence electrons. The van der Waals surface area contributed by atoms with E-state index in [0.717, 1.165) is 19.5 Å². The van der Waals surface area contributed by atoms with Crippen LogP contribution in [-0.4, -0.2) is 40.9 Å². The fourth-order valence-electron chi connectivity index (χ4n) is 1.46. The van der Waals surface area contributed by atoms with Crippen LogP contribution in [0.25, 0.3) is 0 Å². The maximum Gasteiger partial charge on any atom is 0.273 e. The number of nitrogens with one attached hydrogen (secondary N) is 1. The lowest BCUT2D eigenvalue weighted by Gasteiger charge is -2.17. The molecule has 1 heterocycles. The minimum Gasteiger partial charge on any atom is -0.369 e. The molecule has 0 unspecified atom stereocenters. The molecule has 1 amide bonds. The first-order valence-corrected chi connectivity index (χ1v) is 6.36. The third-order valence-electron chi connectivity index (χ3n) is 2.62. The number of hydrogen-bond donors (Lipinski definition) is 1. The second kappa shape index (κ2) is 6.93. The SMILES string of the molecule is CCNc1cnc(C(=O)N(C)CCC(C)C)cn1. The first-order chi connectivity index (χ1) is 8.54. The van der Waals surface area contributed by atoms with Gasteiger partial charge in [-0.05, 0) is 19.3 Å². The lowest BCUT2D eigenvalue weighted by molar-refractivity contribution is 0.0783. The van der Waals surface area contributed by atoms with Gasteiger partial charge in [-0.3, -0.25) is 4.79 Å². The van der Waals surface area contributed by atoms with Crippen molar-refractivity contribution in [3.05, 3.63) is 18.1 Å². The zero-order valence-electron chi connectivity index (χ0n) is 11.6. The first kappa shape index (κ1) is 14.4. The van der Waals surface area contributed by atoms with E-state index in [4.69, 9.17) is 0 Å². The number of nitrogens with zero attached hydrogens (tertiary/aromatic N) is 3. The molecule has 0 radical (unpaired) electrons.